The van der Waals surface area contributed by atoms with Crippen LogP contribution in [0.2, 0.25) is 18.1 Å². The Morgan fingerprint density at radius 1 is 1.05 bits per heavy atom. The Hall–Kier alpha value is -0.643. The molecule has 1 aliphatic carbocycles. The second kappa shape index (κ2) is 6.86. The molecule has 0 aliphatic heterocycles. The van der Waals surface area contributed by atoms with E-state index in [4.69, 9.17) is 4.43 Å². The molecular weight excluding hydrogens is 288 g/mol. The molecular formula is C19H32O2Si. The Morgan fingerprint density at radius 2 is 1.59 bits per heavy atom. The van der Waals surface area contributed by atoms with Gasteiger partial charge in [0, 0.05) is 0 Å². The van der Waals surface area contributed by atoms with Crippen molar-refractivity contribution in [2.75, 3.05) is 0 Å². The Kier molecular flexibility index (Phi) is 5.52. The molecule has 0 aromatic heterocycles. The van der Waals surface area contributed by atoms with Crippen molar-refractivity contribution in [3.8, 4) is 0 Å². The summed E-state index contributed by atoms with van der Waals surface area (Å²) in [5.41, 5.74) is 2.69. The lowest BCUT2D eigenvalue weighted by molar-refractivity contribution is 0.122. The van der Waals surface area contributed by atoms with Gasteiger partial charge in [0.15, 0.2) is 8.32 Å². The molecule has 1 N–H and O–H groups in total. The van der Waals surface area contributed by atoms with Crippen molar-refractivity contribution in [1.29, 1.82) is 0 Å². The van der Waals surface area contributed by atoms with Crippen molar-refractivity contribution in [1.82, 2.24) is 0 Å². The van der Waals surface area contributed by atoms with E-state index in [9.17, 15) is 5.11 Å². The van der Waals surface area contributed by atoms with Crippen molar-refractivity contribution in [2.45, 2.75) is 83.2 Å². The molecule has 0 saturated heterocycles. The number of hydrogen-bond acceptors (Lipinski definition) is 2. The highest BCUT2D eigenvalue weighted by Gasteiger charge is 2.37. The third-order valence-electron chi connectivity index (χ3n) is 5.55. The third kappa shape index (κ3) is 4.43. The molecule has 1 aromatic carbocycles. The number of benzene rings is 1. The van der Waals surface area contributed by atoms with Gasteiger partial charge in [0.05, 0.1) is 12.7 Å². The zero-order valence-corrected chi connectivity index (χ0v) is 15.9. The quantitative estimate of drug-likeness (QED) is 0.770. The maximum absolute atomic E-state index is 9.62. The topological polar surface area (TPSA) is 29.5 Å². The summed E-state index contributed by atoms with van der Waals surface area (Å²) in [7, 11) is -1.67. The summed E-state index contributed by atoms with van der Waals surface area (Å²) in [6, 6.07) is 8.94. The van der Waals surface area contributed by atoms with Gasteiger partial charge in [-0.1, -0.05) is 45.0 Å². The summed E-state index contributed by atoms with van der Waals surface area (Å²) < 4.78 is 6.29. The fourth-order valence-electron chi connectivity index (χ4n) is 2.78. The lowest BCUT2D eigenvalue weighted by atomic mass is 9.82. The molecule has 1 fully saturated rings. The van der Waals surface area contributed by atoms with Gasteiger partial charge in [-0.3, -0.25) is 0 Å². The molecule has 22 heavy (non-hydrogen) atoms. The van der Waals surface area contributed by atoms with E-state index in [1.54, 1.807) is 0 Å². The van der Waals surface area contributed by atoms with E-state index < -0.39 is 8.32 Å². The van der Waals surface area contributed by atoms with Gasteiger partial charge in [-0.2, -0.15) is 0 Å². The Bertz CT molecular complexity index is 465. The zero-order chi connectivity index (χ0) is 16.4. The highest BCUT2D eigenvalue weighted by molar-refractivity contribution is 6.74. The van der Waals surface area contributed by atoms with Crippen LogP contribution in [0.1, 0.15) is 63.5 Å². The third-order valence-corrected chi connectivity index (χ3v) is 10.0. The molecule has 0 unspecified atom stereocenters. The summed E-state index contributed by atoms with van der Waals surface area (Å²) in [6.07, 6.45) is 4.04. The van der Waals surface area contributed by atoms with Crippen molar-refractivity contribution >= 4 is 8.32 Å². The Labute approximate surface area is 137 Å². The Balaban J connectivity index is 1.92. The van der Waals surface area contributed by atoms with Crippen LogP contribution in [0.15, 0.2) is 24.3 Å². The molecule has 1 aromatic rings. The predicted molar refractivity (Wildman–Crippen MR) is 95.6 cm³/mol. The molecule has 0 bridgehead atoms. The smallest absolute Gasteiger partial charge is 0.192 e. The molecule has 0 heterocycles. The van der Waals surface area contributed by atoms with E-state index in [1.807, 2.05) is 0 Å². The first-order valence-corrected chi connectivity index (χ1v) is 11.5. The second-order valence-electron chi connectivity index (χ2n) is 8.30. The lowest BCUT2D eigenvalue weighted by Crippen LogP contribution is -2.40. The monoisotopic (exact) mass is 320 g/mol. The molecule has 2 nitrogen and oxygen atoms in total. The lowest BCUT2D eigenvalue weighted by Gasteiger charge is -2.36. The van der Waals surface area contributed by atoms with E-state index >= 15 is 0 Å². The molecule has 124 valence electrons. The van der Waals surface area contributed by atoms with Gasteiger partial charge in [-0.15, -0.1) is 0 Å². The first-order valence-electron chi connectivity index (χ1n) is 8.60. The Morgan fingerprint density at radius 3 is 2.09 bits per heavy atom. The molecule has 1 aliphatic rings. The number of hydrogen-bond donors (Lipinski definition) is 1. The van der Waals surface area contributed by atoms with Gasteiger partial charge in [-0.05, 0) is 60.9 Å². The minimum Gasteiger partial charge on any atom is -0.413 e. The normalized spacial score (nSPS) is 23.5. The zero-order valence-electron chi connectivity index (χ0n) is 14.9. The predicted octanol–water partition coefficient (Wildman–Crippen LogP) is 5.23. The van der Waals surface area contributed by atoms with Crippen LogP contribution in [0, 0.1) is 0 Å². The average molecular weight is 321 g/mol. The van der Waals surface area contributed by atoms with Crippen molar-refractivity contribution in [3.63, 3.8) is 0 Å². The molecule has 3 heteroatoms. The van der Waals surface area contributed by atoms with Gasteiger partial charge in [-0.25, -0.2) is 0 Å². The maximum Gasteiger partial charge on any atom is 0.192 e. The van der Waals surface area contributed by atoms with Crippen LogP contribution < -0.4 is 0 Å². The summed E-state index contributed by atoms with van der Waals surface area (Å²) in [5, 5.41) is 9.88. The van der Waals surface area contributed by atoms with Crippen molar-refractivity contribution < 1.29 is 9.53 Å². The molecule has 2 rings (SSSR count). The molecule has 0 spiro atoms. The summed E-state index contributed by atoms with van der Waals surface area (Å²) in [5.74, 6) is 0.624. The van der Waals surface area contributed by atoms with Gasteiger partial charge in [0.1, 0.15) is 0 Å². The molecule has 1 saturated carbocycles. The van der Waals surface area contributed by atoms with E-state index in [1.165, 1.54) is 11.1 Å². The fraction of sp³-hybridized carbons (Fsp3) is 0.684. The molecule has 0 radical (unpaired) electrons. The number of aliphatic hydroxyl groups excluding tert-OH is 1. The second-order valence-corrected chi connectivity index (χ2v) is 13.1. The van der Waals surface area contributed by atoms with Crippen LogP contribution in [-0.4, -0.2) is 19.5 Å². The first kappa shape index (κ1) is 17.7. The summed E-state index contributed by atoms with van der Waals surface area (Å²) in [6.45, 7) is 12.2. The van der Waals surface area contributed by atoms with Crippen LogP contribution in [0.4, 0.5) is 0 Å². The standard InChI is InChI=1S/C19H32O2Si/c1-19(2,3)22(4,5)21-14-15-6-8-16(9-7-15)17-10-12-18(20)13-11-17/h6-9,17-18,20H,10-14H2,1-5H3/t17-,18+. The molecule has 0 atom stereocenters. The van der Waals surface area contributed by atoms with E-state index in [0.717, 1.165) is 32.3 Å². The summed E-state index contributed by atoms with van der Waals surface area (Å²) in [4.78, 5) is 0. The number of rotatable bonds is 4. The minimum atomic E-state index is -1.67. The van der Waals surface area contributed by atoms with Crippen molar-refractivity contribution in [2.24, 2.45) is 0 Å². The number of aliphatic hydroxyl groups is 1. The highest BCUT2D eigenvalue weighted by atomic mass is 28.4. The fourth-order valence-corrected chi connectivity index (χ4v) is 3.74. The van der Waals surface area contributed by atoms with Crippen LogP contribution in [0.3, 0.4) is 0 Å². The van der Waals surface area contributed by atoms with Crippen LogP contribution in [0.5, 0.6) is 0 Å². The SMILES string of the molecule is CC(C)(C)[Si](C)(C)OCc1ccc([C@H]2CC[C@@H](O)CC2)cc1. The van der Waals surface area contributed by atoms with Crippen LogP contribution in [0.25, 0.3) is 0 Å². The first-order chi connectivity index (χ1) is 10.2. The summed E-state index contributed by atoms with van der Waals surface area (Å²) >= 11 is 0. The van der Waals surface area contributed by atoms with Crippen LogP contribution >= 0.6 is 0 Å². The van der Waals surface area contributed by atoms with E-state index in [0.29, 0.717) is 5.92 Å². The largest absolute Gasteiger partial charge is 0.413 e. The van der Waals surface area contributed by atoms with Gasteiger partial charge < -0.3 is 9.53 Å². The maximum atomic E-state index is 9.62. The van der Waals surface area contributed by atoms with Crippen molar-refractivity contribution in [3.05, 3.63) is 35.4 Å². The average Bonchev–Trinajstić information content (AvgIpc) is 2.45. The van der Waals surface area contributed by atoms with E-state index in [2.05, 4.69) is 58.1 Å². The van der Waals surface area contributed by atoms with Gasteiger partial charge >= 0.3 is 0 Å². The van der Waals surface area contributed by atoms with Gasteiger partial charge in [0.2, 0.25) is 0 Å². The minimum absolute atomic E-state index is 0.0755. The van der Waals surface area contributed by atoms with E-state index in [-0.39, 0.29) is 11.1 Å². The molecule has 0 amide bonds. The highest BCUT2D eigenvalue weighted by Crippen LogP contribution is 2.37. The van der Waals surface area contributed by atoms with Gasteiger partial charge in [0.25, 0.3) is 0 Å². The van der Waals surface area contributed by atoms with Crippen LogP contribution in [-0.2, 0) is 11.0 Å².